The monoisotopic (exact) mass is 182 g/mol. The Bertz CT molecular complexity index is 506. The van der Waals surface area contributed by atoms with Gasteiger partial charge in [0.2, 0.25) is 0 Å². The molecule has 0 saturated heterocycles. The summed E-state index contributed by atoms with van der Waals surface area (Å²) in [4.78, 5) is 0. The van der Waals surface area contributed by atoms with Crippen molar-refractivity contribution < 1.29 is 4.74 Å². The van der Waals surface area contributed by atoms with E-state index in [0.717, 1.165) is 22.1 Å². The van der Waals surface area contributed by atoms with E-state index in [9.17, 15) is 0 Å². The number of rotatable bonds is 1. The molecule has 0 aliphatic heterocycles. The van der Waals surface area contributed by atoms with E-state index in [-0.39, 0.29) is 0 Å². The summed E-state index contributed by atoms with van der Waals surface area (Å²) in [6.07, 6.45) is 5.33. The van der Waals surface area contributed by atoms with Crippen LogP contribution in [0.25, 0.3) is 10.8 Å². The lowest BCUT2D eigenvalue weighted by Gasteiger charge is -2.04. The molecule has 0 saturated carbocycles. The lowest BCUT2D eigenvalue weighted by Crippen LogP contribution is -1.84. The van der Waals surface area contributed by atoms with E-state index in [0.29, 0.717) is 0 Å². The first-order chi connectivity index (χ1) is 6.85. The van der Waals surface area contributed by atoms with Gasteiger partial charge in [0.1, 0.15) is 5.75 Å². The first kappa shape index (κ1) is 8.65. The van der Waals surface area contributed by atoms with Gasteiger partial charge in [-0.05, 0) is 29.7 Å². The van der Waals surface area contributed by atoms with Gasteiger partial charge in [-0.2, -0.15) is 0 Å². The second-order valence-electron chi connectivity index (χ2n) is 3.04. The van der Waals surface area contributed by atoms with Crippen molar-refractivity contribution >= 4 is 10.8 Å². The average molecular weight is 182 g/mol. The van der Waals surface area contributed by atoms with E-state index in [1.54, 1.807) is 7.11 Å². The van der Waals surface area contributed by atoms with Crippen LogP contribution < -0.4 is 4.74 Å². The lowest BCUT2D eigenvalue weighted by atomic mass is 10.1. The van der Waals surface area contributed by atoms with Crippen LogP contribution in [-0.2, 0) is 0 Å². The Balaban J connectivity index is 2.75. The highest BCUT2D eigenvalue weighted by Crippen LogP contribution is 2.25. The minimum Gasteiger partial charge on any atom is -0.496 e. The fourth-order valence-electron chi connectivity index (χ4n) is 1.52. The minimum absolute atomic E-state index is 0.881. The Morgan fingerprint density at radius 2 is 2.07 bits per heavy atom. The van der Waals surface area contributed by atoms with Gasteiger partial charge in [0.05, 0.1) is 7.11 Å². The van der Waals surface area contributed by atoms with E-state index < -0.39 is 0 Å². The maximum Gasteiger partial charge on any atom is 0.126 e. The van der Waals surface area contributed by atoms with Crippen LogP contribution >= 0.6 is 0 Å². The SMILES string of the molecule is C#Cc1ccc2c(OC)cccc2c1. The van der Waals surface area contributed by atoms with Crippen LogP contribution in [-0.4, -0.2) is 7.11 Å². The van der Waals surface area contributed by atoms with Crippen LogP contribution in [0.1, 0.15) is 5.56 Å². The Kier molecular flexibility index (Phi) is 2.12. The molecule has 0 aromatic heterocycles. The molecule has 0 spiro atoms. The number of fused-ring (bicyclic) bond motifs is 1. The van der Waals surface area contributed by atoms with Crippen molar-refractivity contribution in [2.45, 2.75) is 0 Å². The van der Waals surface area contributed by atoms with Gasteiger partial charge in [0.25, 0.3) is 0 Å². The molecule has 0 atom stereocenters. The fourth-order valence-corrected chi connectivity index (χ4v) is 1.52. The van der Waals surface area contributed by atoms with Crippen LogP contribution in [0.5, 0.6) is 5.75 Å². The van der Waals surface area contributed by atoms with Gasteiger partial charge >= 0.3 is 0 Å². The summed E-state index contributed by atoms with van der Waals surface area (Å²) in [6, 6.07) is 11.8. The van der Waals surface area contributed by atoms with Gasteiger partial charge in [-0.3, -0.25) is 0 Å². The second kappa shape index (κ2) is 3.43. The predicted molar refractivity (Wildman–Crippen MR) is 58.4 cm³/mol. The molecular formula is C13H10O. The summed E-state index contributed by atoms with van der Waals surface area (Å²) in [5, 5.41) is 2.20. The smallest absolute Gasteiger partial charge is 0.126 e. The summed E-state index contributed by atoms with van der Waals surface area (Å²) in [5.41, 5.74) is 0.894. The number of hydrogen-bond acceptors (Lipinski definition) is 1. The van der Waals surface area contributed by atoms with Crippen molar-refractivity contribution in [2.75, 3.05) is 7.11 Å². The minimum atomic E-state index is 0.881. The quantitative estimate of drug-likeness (QED) is 0.616. The van der Waals surface area contributed by atoms with E-state index in [1.165, 1.54) is 0 Å². The number of methoxy groups -OCH3 is 1. The predicted octanol–water partition coefficient (Wildman–Crippen LogP) is 2.83. The Hall–Kier alpha value is -1.94. The zero-order valence-corrected chi connectivity index (χ0v) is 7.95. The normalized spacial score (nSPS) is 9.71. The van der Waals surface area contributed by atoms with Gasteiger partial charge in [-0.1, -0.05) is 18.1 Å². The summed E-state index contributed by atoms with van der Waals surface area (Å²) in [6.45, 7) is 0. The number of hydrogen-bond donors (Lipinski definition) is 0. The third-order valence-electron chi connectivity index (χ3n) is 2.23. The molecule has 0 aliphatic rings. The second-order valence-corrected chi connectivity index (χ2v) is 3.04. The first-order valence-corrected chi connectivity index (χ1v) is 4.38. The molecular weight excluding hydrogens is 172 g/mol. The summed E-state index contributed by atoms with van der Waals surface area (Å²) < 4.78 is 5.25. The van der Waals surface area contributed by atoms with Crippen molar-refractivity contribution in [3.63, 3.8) is 0 Å². The van der Waals surface area contributed by atoms with Crippen LogP contribution in [0.2, 0.25) is 0 Å². The van der Waals surface area contributed by atoms with Crippen molar-refractivity contribution in [3.05, 3.63) is 42.0 Å². The van der Waals surface area contributed by atoms with E-state index in [1.807, 2.05) is 36.4 Å². The molecule has 0 bridgehead atoms. The first-order valence-electron chi connectivity index (χ1n) is 4.38. The fraction of sp³-hybridized carbons (Fsp3) is 0.0769. The molecule has 2 aromatic carbocycles. The van der Waals surface area contributed by atoms with E-state index >= 15 is 0 Å². The highest BCUT2D eigenvalue weighted by molar-refractivity contribution is 5.89. The molecule has 2 rings (SSSR count). The van der Waals surface area contributed by atoms with E-state index in [4.69, 9.17) is 11.2 Å². The maximum atomic E-state index is 5.33. The molecule has 0 amide bonds. The highest BCUT2D eigenvalue weighted by Gasteiger charge is 1.99. The summed E-state index contributed by atoms with van der Waals surface area (Å²) in [7, 11) is 1.67. The van der Waals surface area contributed by atoms with E-state index in [2.05, 4.69) is 5.92 Å². The molecule has 68 valence electrons. The average Bonchev–Trinajstić information content (AvgIpc) is 2.27. The van der Waals surface area contributed by atoms with Crippen molar-refractivity contribution in [3.8, 4) is 18.1 Å². The zero-order valence-electron chi connectivity index (χ0n) is 7.95. The van der Waals surface area contributed by atoms with Crippen molar-refractivity contribution in [2.24, 2.45) is 0 Å². The number of benzene rings is 2. The molecule has 1 heteroatoms. The molecule has 0 N–H and O–H groups in total. The van der Waals surface area contributed by atoms with Gasteiger partial charge < -0.3 is 4.74 Å². The van der Waals surface area contributed by atoms with Crippen LogP contribution in [0.3, 0.4) is 0 Å². The molecule has 0 aliphatic carbocycles. The molecule has 0 fully saturated rings. The summed E-state index contributed by atoms with van der Waals surface area (Å²) >= 11 is 0. The standard InChI is InChI=1S/C13H10O/c1-3-10-7-8-12-11(9-10)5-4-6-13(12)14-2/h1,4-9H,2H3. The topological polar surface area (TPSA) is 9.23 Å². The van der Waals surface area contributed by atoms with Gasteiger partial charge in [0, 0.05) is 10.9 Å². The van der Waals surface area contributed by atoms with Gasteiger partial charge in [-0.15, -0.1) is 6.42 Å². The van der Waals surface area contributed by atoms with Crippen molar-refractivity contribution in [1.82, 2.24) is 0 Å². The largest absolute Gasteiger partial charge is 0.496 e. The third-order valence-corrected chi connectivity index (χ3v) is 2.23. The van der Waals surface area contributed by atoms with Gasteiger partial charge in [-0.25, -0.2) is 0 Å². The number of ether oxygens (including phenoxy) is 1. The Labute approximate surface area is 83.3 Å². The van der Waals surface area contributed by atoms with Crippen LogP contribution in [0.15, 0.2) is 36.4 Å². The molecule has 0 heterocycles. The molecule has 14 heavy (non-hydrogen) atoms. The van der Waals surface area contributed by atoms with Gasteiger partial charge in [0.15, 0.2) is 0 Å². The lowest BCUT2D eigenvalue weighted by molar-refractivity contribution is 0.420. The highest BCUT2D eigenvalue weighted by atomic mass is 16.5. The molecule has 2 aromatic rings. The molecule has 0 radical (unpaired) electrons. The molecule has 0 unspecified atom stereocenters. The Morgan fingerprint density at radius 1 is 1.21 bits per heavy atom. The summed E-state index contributed by atoms with van der Waals surface area (Å²) in [5.74, 6) is 3.50. The zero-order chi connectivity index (χ0) is 9.97. The Morgan fingerprint density at radius 3 is 2.79 bits per heavy atom. The molecule has 1 nitrogen and oxygen atoms in total. The van der Waals surface area contributed by atoms with Crippen molar-refractivity contribution in [1.29, 1.82) is 0 Å². The number of terminal acetylenes is 1. The maximum absolute atomic E-state index is 5.33. The van der Waals surface area contributed by atoms with Crippen LogP contribution in [0, 0.1) is 12.3 Å². The third kappa shape index (κ3) is 1.31. The van der Waals surface area contributed by atoms with Crippen LogP contribution in [0.4, 0.5) is 0 Å².